The maximum atomic E-state index is 13.2. The summed E-state index contributed by atoms with van der Waals surface area (Å²) < 4.78 is 2.04. The van der Waals surface area contributed by atoms with Gasteiger partial charge >= 0.3 is 0 Å². The van der Waals surface area contributed by atoms with Crippen molar-refractivity contribution in [2.45, 2.75) is 78.9 Å². The number of carbonyl (C=O) groups excluding carboxylic acids is 2. The van der Waals surface area contributed by atoms with Crippen LogP contribution in [0, 0.1) is 0 Å². The van der Waals surface area contributed by atoms with E-state index in [1.807, 2.05) is 33.7 Å². The number of hydrogen-bond acceptors (Lipinski definition) is 3. The number of nitrogens with one attached hydrogen (secondary N) is 1. The fourth-order valence-corrected chi connectivity index (χ4v) is 3.54. The van der Waals surface area contributed by atoms with E-state index in [2.05, 4.69) is 33.0 Å². The summed E-state index contributed by atoms with van der Waals surface area (Å²) in [6.07, 6.45) is 3.38. The molecule has 28 heavy (non-hydrogen) atoms. The van der Waals surface area contributed by atoms with Gasteiger partial charge in [-0.2, -0.15) is 0 Å². The molecular formula is C22H34N4O2. The Morgan fingerprint density at radius 2 is 1.79 bits per heavy atom. The fraction of sp³-hybridized carbons (Fsp3) is 0.591. The van der Waals surface area contributed by atoms with Crippen LogP contribution in [-0.4, -0.2) is 44.9 Å². The van der Waals surface area contributed by atoms with E-state index >= 15 is 0 Å². The molecule has 0 aliphatic rings. The van der Waals surface area contributed by atoms with Gasteiger partial charge in [-0.25, -0.2) is 4.98 Å². The van der Waals surface area contributed by atoms with Crippen molar-refractivity contribution in [2.75, 3.05) is 6.54 Å². The standard InChI is InChI=1S/C22H34N4O2/c1-6-16(3)26(17(4)7-2)22(28)15-25-20-12-9-8-11-19(20)24-21(25)13-10-14-23-18(5)27/h8-9,11-12,16-17H,6-7,10,13-15H2,1-5H3,(H,23,27). The molecule has 2 rings (SSSR count). The smallest absolute Gasteiger partial charge is 0.243 e. The topological polar surface area (TPSA) is 67.2 Å². The Kier molecular flexibility index (Phi) is 8.03. The van der Waals surface area contributed by atoms with E-state index in [0.29, 0.717) is 13.1 Å². The molecule has 0 saturated heterocycles. The Balaban J connectivity index is 2.26. The lowest BCUT2D eigenvalue weighted by Gasteiger charge is -2.34. The predicted octanol–water partition coefficient (Wildman–Crippen LogP) is 3.53. The second kappa shape index (κ2) is 10.2. The van der Waals surface area contributed by atoms with Gasteiger partial charge in [-0.05, 0) is 45.2 Å². The minimum Gasteiger partial charge on any atom is -0.356 e. The number of carbonyl (C=O) groups is 2. The second-order valence-corrected chi connectivity index (χ2v) is 7.50. The normalized spacial score (nSPS) is 13.3. The van der Waals surface area contributed by atoms with Crippen molar-refractivity contribution < 1.29 is 9.59 Å². The molecule has 2 aromatic rings. The first kappa shape index (κ1) is 21.9. The summed E-state index contributed by atoms with van der Waals surface area (Å²) in [5.41, 5.74) is 1.89. The van der Waals surface area contributed by atoms with Gasteiger partial charge in [-0.3, -0.25) is 9.59 Å². The Bertz CT molecular complexity index is 789. The first-order chi connectivity index (χ1) is 13.4. The van der Waals surface area contributed by atoms with Crippen molar-refractivity contribution in [1.29, 1.82) is 0 Å². The minimum atomic E-state index is -0.0265. The lowest BCUT2D eigenvalue weighted by molar-refractivity contribution is -0.136. The highest BCUT2D eigenvalue weighted by atomic mass is 16.2. The third-order valence-electron chi connectivity index (χ3n) is 5.40. The Morgan fingerprint density at radius 3 is 2.39 bits per heavy atom. The molecule has 6 nitrogen and oxygen atoms in total. The average molecular weight is 387 g/mol. The number of fused-ring (bicyclic) bond motifs is 1. The van der Waals surface area contributed by atoms with E-state index < -0.39 is 0 Å². The van der Waals surface area contributed by atoms with Crippen molar-refractivity contribution in [2.24, 2.45) is 0 Å². The van der Waals surface area contributed by atoms with Crippen molar-refractivity contribution in [1.82, 2.24) is 19.8 Å². The summed E-state index contributed by atoms with van der Waals surface area (Å²) in [5.74, 6) is 1.00. The van der Waals surface area contributed by atoms with Crippen LogP contribution in [0.3, 0.4) is 0 Å². The Morgan fingerprint density at radius 1 is 1.14 bits per heavy atom. The summed E-state index contributed by atoms with van der Waals surface area (Å²) in [7, 11) is 0. The molecule has 1 aromatic carbocycles. The molecule has 2 atom stereocenters. The quantitative estimate of drug-likeness (QED) is 0.635. The molecule has 0 spiro atoms. The van der Waals surface area contributed by atoms with E-state index in [4.69, 9.17) is 4.98 Å². The number of hydrogen-bond donors (Lipinski definition) is 1. The summed E-state index contributed by atoms with van der Waals surface area (Å²) in [5, 5.41) is 2.82. The van der Waals surface area contributed by atoms with Gasteiger partial charge in [0.25, 0.3) is 0 Å². The molecular weight excluding hydrogens is 352 g/mol. The SMILES string of the molecule is CCC(C)N(C(=O)Cn1c(CCCNC(C)=O)nc2ccccc21)C(C)CC. The Labute approximate surface area is 168 Å². The summed E-state index contributed by atoms with van der Waals surface area (Å²) >= 11 is 0. The zero-order valence-corrected chi connectivity index (χ0v) is 17.9. The van der Waals surface area contributed by atoms with Crippen LogP contribution >= 0.6 is 0 Å². The molecule has 0 saturated carbocycles. The molecule has 2 amide bonds. The molecule has 154 valence electrons. The lowest BCUT2D eigenvalue weighted by Crippen LogP contribution is -2.45. The number of rotatable bonds is 10. The van der Waals surface area contributed by atoms with Crippen LogP contribution in [0.25, 0.3) is 11.0 Å². The van der Waals surface area contributed by atoms with Gasteiger partial charge in [-0.15, -0.1) is 0 Å². The molecule has 0 fully saturated rings. The van der Waals surface area contributed by atoms with Gasteiger partial charge in [0.05, 0.1) is 11.0 Å². The van der Waals surface area contributed by atoms with Crippen LogP contribution in [0.5, 0.6) is 0 Å². The minimum absolute atomic E-state index is 0.0265. The molecule has 1 N–H and O–H groups in total. The molecule has 0 radical (unpaired) electrons. The number of amides is 2. The molecule has 6 heteroatoms. The molecule has 0 bridgehead atoms. The molecule has 1 aromatic heterocycles. The van der Waals surface area contributed by atoms with Crippen LogP contribution in [0.1, 0.15) is 59.7 Å². The molecule has 1 heterocycles. The maximum Gasteiger partial charge on any atom is 0.243 e. The second-order valence-electron chi connectivity index (χ2n) is 7.50. The highest BCUT2D eigenvalue weighted by Crippen LogP contribution is 2.19. The zero-order chi connectivity index (χ0) is 20.7. The number of nitrogens with zero attached hydrogens (tertiary/aromatic N) is 3. The number of aromatic nitrogens is 2. The first-order valence-electron chi connectivity index (χ1n) is 10.4. The summed E-state index contributed by atoms with van der Waals surface area (Å²) in [4.78, 5) is 31.1. The lowest BCUT2D eigenvalue weighted by atomic mass is 10.1. The first-order valence-corrected chi connectivity index (χ1v) is 10.4. The van der Waals surface area contributed by atoms with Crippen LogP contribution in [-0.2, 0) is 22.6 Å². The van der Waals surface area contributed by atoms with Crippen LogP contribution in [0.15, 0.2) is 24.3 Å². The van der Waals surface area contributed by atoms with Gasteiger partial charge in [0.2, 0.25) is 11.8 Å². The van der Waals surface area contributed by atoms with E-state index in [1.54, 1.807) is 0 Å². The highest BCUT2D eigenvalue weighted by molar-refractivity contribution is 5.81. The van der Waals surface area contributed by atoms with E-state index in [-0.39, 0.29) is 23.9 Å². The summed E-state index contributed by atoms with van der Waals surface area (Å²) in [6.45, 7) is 10.9. The van der Waals surface area contributed by atoms with Crippen molar-refractivity contribution in [3.8, 4) is 0 Å². The van der Waals surface area contributed by atoms with E-state index in [1.165, 1.54) is 6.92 Å². The number of imidazole rings is 1. The van der Waals surface area contributed by atoms with Gasteiger partial charge < -0.3 is 14.8 Å². The molecule has 0 aliphatic carbocycles. The van der Waals surface area contributed by atoms with E-state index in [0.717, 1.165) is 42.5 Å². The van der Waals surface area contributed by atoms with Crippen molar-refractivity contribution in [3.63, 3.8) is 0 Å². The third-order valence-corrected chi connectivity index (χ3v) is 5.40. The zero-order valence-electron chi connectivity index (χ0n) is 17.9. The Hall–Kier alpha value is -2.37. The van der Waals surface area contributed by atoms with Gasteiger partial charge in [-0.1, -0.05) is 26.0 Å². The predicted molar refractivity (Wildman–Crippen MR) is 113 cm³/mol. The largest absolute Gasteiger partial charge is 0.356 e. The monoisotopic (exact) mass is 386 g/mol. The van der Waals surface area contributed by atoms with Crippen LogP contribution in [0.4, 0.5) is 0 Å². The van der Waals surface area contributed by atoms with Crippen LogP contribution in [0.2, 0.25) is 0 Å². The van der Waals surface area contributed by atoms with E-state index in [9.17, 15) is 9.59 Å². The van der Waals surface area contributed by atoms with Crippen molar-refractivity contribution >= 4 is 22.8 Å². The third kappa shape index (κ3) is 5.33. The number of para-hydroxylation sites is 2. The maximum absolute atomic E-state index is 13.2. The molecule has 0 aliphatic heterocycles. The highest BCUT2D eigenvalue weighted by Gasteiger charge is 2.25. The van der Waals surface area contributed by atoms with Gasteiger partial charge in [0.1, 0.15) is 12.4 Å². The fourth-order valence-electron chi connectivity index (χ4n) is 3.54. The van der Waals surface area contributed by atoms with Gasteiger partial charge in [0.15, 0.2) is 0 Å². The molecule has 2 unspecified atom stereocenters. The van der Waals surface area contributed by atoms with Crippen molar-refractivity contribution in [3.05, 3.63) is 30.1 Å². The summed E-state index contributed by atoms with van der Waals surface area (Å²) in [6, 6.07) is 8.36. The number of aryl methyl sites for hydroxylation is 1. The average Bonchev–Trinajstić information content (AvgIpc) is 3.02. The van der Waals surface area contributed by atoms with Gasteiger partial charge in [0, 0.05) is 32.0 Å². The van der Waals surface area contributed by atoms with Crippen LogP contribution < -0.4 is 5.32 Å². The number of benzene rings is 1.